The van der Waals surface area contributed by atoms with Gasteiger partial charge in [0.2, 0.25) is 0 Å². The van der Waals surface area contributed by atoms with Gasteiger partial charge >= 0.3 is 0 Å². The number of aromatic nitrogens is 6. The standard InChI is InChI=1S/C19H18FN7O/c1-12-14(10-26(3)24-12)9-25(2)18(28)17-8-16(13-4-6-15(20)7-5-13)23-19-21-11-22-27(17)19/h4-8,10-11H,9H2,1-3H3. The molecule has 0 aliphatic heterocycles. The van der Waals surface area contributed by atoms with Gasteiger partial charge in [-0.15, -0.1) is 0 Å². The molecule has 3 heterocycles. The average Bonchev–Trinajstić information content (AvgIpc) is 3.26. The van der Waals surface area contributed by atoms with Crippen LogP contribution in [0.15, 0.2) is 42.9 Å². The van der Waals surface area contributed by atoms with Gasteiger partial charge in [0.15, 0.2) is 0 Å². The van der Waals surface area contributed by atoms with Crippen molar-refractivity contribution in [1.29, 1.82) is 0 Å². The van der Waals surface area contributed by atoms with Crippen molar-refractivity contribution in [2.45, 2.75) is 13.5 Å². The maximum Gasteiger partial charge on any atom is 0.272 e. The summed E-state index contributed by atoms with van der Waals surface area (Å²) in [6.07, 6.45) is 3.24. The van der Waals surface area contributed by atoms with Crippen LogP contribution in [-0.4, -0.2) is 47.2 Å². The molecule has 0 radical (unpaired) electrons. The number of rotatable bonds is 4. The van der Waals surface area contributed by atoms with Crippen molar-refractivity contribution in [2.24, 2.45) is 7.05 Å². The highest BCUT2D eigenvalue weighted by Crippen LogP contribution is 2.21. The second kappa shape index (κ2) is 6.84. The van der Waals surface area contributed by atoms with Crippen LogP contribution in [0, 0.1) is 12.7 Å². The van der Waals surface area contributed by atoms with E-state index in [9.17, 15) is 9.18 Å². The molecule has 0 fully saturated rings. The highest BCUT2D eigenvalue weighted by Gasteiger charge is 2.20. The Morgan fingerprint density at radius 3 is 2.68 bits per heavy atom. The summed E-state index contributed by atoms with van der Waals surface area (Å²) in [4.78, 5) is 23.3. The predicted molar refractivity (Wildman–Crippen MR) is 99.9 cm³/mol. The SMILES string of the molecule is Cc1nn(C)cc1CN(C)C(=O)c1cc(-c2ccc(F)cc2)nc2ncnn12. The Labute approximate surface area is 160 Å². The van der Waals surface area contributed by atoms with Crippen molar-refractivity contribution in [3.8, 4) is 11.3 Å². The lowest BCUT2D eigenvalue weighted by Gasteiger charge is -2.17. The smallest absolute Gasteiger partial charge is 0.272 e. The summed E-state index contributed by atoms with van der Waals surface area (Å²) in [6.45, 7) is 2.31. The van der Waals surface area contributed by atoms with Gasteiger partial charge in [-0.2, -0.15) is 19.7 Å². The van der Waals surface area contributed by atoms with Crippen LogP contribution in [0.1, 0.15) is 21.7 Å². The number of aryl methyl sites for hydroxylation is 2. The summed E-state index contributed by atoms with van der Waals surface area (Å²) < 4.78 is 16.4. The van der Waals surface area contributed by atoms with Crippen LogP contribution in [0.25, 0.3) is 17.0 Å². The molecule has 0 aliphatic carbocycles. The fourth-order valence-electron chi connectivity index (χ4n) is 3.06. The summed E-state index contributed by atoms with van der Waals surface area (Å²) in [6, 6.07) is 7.57. The van der Waals surface area contributed by atoms with Crippen molar-refractivity contribution < 1.29 is 9.18 Å². The fourth-order valence-corrected chi connectivity index (χ4v) is 3.06. The summed E-state index contributed by atoms with van der Waals surface area (Å²) in [7, 11) is 3.56. The number of carbonyl (C=O) groups excluding carboxylic acids is 1. The third kappa shape index (κ3) is 3.22. The van der Waals surface area contributed by atoms with Gasteiger partial charge in [-0.1, -0.05) is 0 Å². The van der Waals surface area contributed by atoms with Gasteiger partial charge in [0.25, 0.3) is 11.7 Å². The number of fused-ring (bicyclic) bond motifs is 1. The quantitative estimate of drug-likeness (QED) is 0.543. The van der Waals surface area contributed by atoms with Crippen molar-refractivity contribution in [3.05, 3.63) is 65.6 Å². The van der Waals surface area contributed by atoms with E-state index >= 15 is 0 Å². The molecule has 28 heavy (non-hydrogen) atoms. The number of hydrogen-bond acceptors (Lipinski definition) is 5. The zero-order chi connectivity index (χ0) is 19.8. The van der Waals surface area contributed by atoms with Crippen molar-refractivity contribution in [1.82, 2.24) is 34.3 Å². The van der Waals surface area contributed by atoms with Crippen molar-refractivity contribution >= 4 is 11.7 Å². The molecule has 0 aliphatic rings. The van der Waals surface area contributed by atoms with Crippen LogP contribution in [0.5, 0.6) is 0 Å². The second-order valence-corrected chi connectivity index (χ2v) is 6.58. The number of nitrogens with zero attached hydrogens (tertiary/aromatic N) is 7. The van der Waals surface area contributed by atoms with E-state index in [1.54, 1.807) is 34.8 Å². The third-order valence-electron chi connectivity index (χ3n) is 4.48. The first kappa shape index (κ1) is 17.8. The molecule has 0 spiro atoms. The first-order valence-corrected chi connectivity index (χ1v) is 8.63. The van der Waals surface area contributed by atoms with Crippen LogP contribution in [0.4, 0.5) is 4.39 Å². The third-order valence-corrected chi connectivity index (χ3v) is 4.48. The molecule has 0 bridgehead atoms. The van der Waals surface area contributed by atoms with Crippen LogP contribution in [0.3, 0.4) is 0 Å². The molecule has 1 aromatic carbocycles. The number of carbonyl (C=O) groups is 1. The van der Waals surface area contributed by atoms with E-state index < -0.39 is 0 Å². The van der Waals surface area contributed by atoms with Crippen molar-refractivity contribution in [2.75, 3.05) is 7.05 Å². The molecule has 0 saturated carbocycles. The number of amides is 1. The highest BCUT2D eigenvalue weighted by atomic mass is 19.1. The summed E-state index contributed by atoms with van der Waals surface area (Å²) in [5, 5.41) is 8.43. The lowest BCUT2D eigenvalue weighted by atomic mass is 10.1. The number of halogens is 1. The molecule has 1 amide bonds. The maximum absolute atomic E-state index is 13.2. The van der Waals surface area contributed by atoms with E-state index in [4.69, 9.17) is 0 Å². The van der Waals surface area contributed by atoms with Crippen LogP contribution in [0.2, 0.25) is 0 Å². The molecule has 3 aromatic heterocycles. The Kier molecular flexibility index (Phi) is 4.34. The van der Waals surface area contributed by atoms with Crippen LogP contribution in [-0.2, 0) is 13.6 Å². The first-order chi connectivity index (χ1) is 13.4. The minimum Gasteiger partial charge on any atom is -0.336 e. The monoisotopic (exact) mass is 379 g/mol. The van der Waals surface area contributed by atoms with Gasteiger partial charge in [0, 0.05) is 38.0 Å². The Morgan fingerprint density at radius 2 is 2.00 bits per heavy atom. The molecule has 142 valence electrons. The molecule has 0 saturated heterocycles. The van der Waals surface area contributed by atoms with Crippen LogP contribution < -0.4 is 0 Å². The molecular weight excluding hydrogens is 361 g/mol. The van der Waals surface area contributed by atoms with Gasteiger partial charge in [-0.05, 0) is 37.3 Å². The van der Waals surface area contributed by atoms with E-state index in [0.29, 0.717) is 29.3 Å². The van der Waals surface area contributed by atoms with Crippen LogP contribution >= 0.6 is 0 Å². The Balaban J connectivity index is 1.72. The molecule has 9 heteroatoms. The predicted octanol–water partition coefficient (Wildman–Crippen LogP) is 2.24. The summed E-state index contributed by atoms with van der Waals surface area (Å²) in [5.41, 5.74) is 3.36. The molecule has 4 rings (SSSR count). The second-order valence-electron chi connectivity index (χ2n) is 6.58. The zero-order valence-corrected chi connectivity index (χ0v) is 15.7. The fraction of sp³-hybridized carbons (Fsp3) is 0.211. The summed E-state index contributed by atoms with van der Waals surface area (Å²) in [5.74, 6) is -0.268. The highest BCUT2D eigenvalue weighted by molar-refractivity contribution is 5.93. The van der Waals surface area contributed by atoms with E-state index in [0.717, 1.165) is 11.3 Å². The van der Waals surface area contributed by atoms with E-state index in [1.165, 1.54) is 23.0 Å². The number of benzene rings is 1. The molecular formula is C19H18FN7O. The van der Waals surface area contributed by atoms with Crippen molar-refractivity contribution in [3.63, 3.8) is 0 Å². The summed E-state index contributed by atoms with van der Waals surface area (Å²) >= 11 is 0. The maximum atomic E-state index is 13.2. The zero-order valence-electron chi connectivity index (χ0n) is 15.7. The Hall–Kier alpha value is -3.62. The number of hydrogen-bond donors (Lipinski definition) is 0. The Morgan fingerprint density at radius 1 is 1.25 bits per heavy atom. The van der Waals surface area contributed by atoms with E-state index in [1.807, 2.05) is 20.2 Å². The van der Waals surface area contributed by atoms with Gasteiger partial charge in [0.1, 0.15) is 17.8 Å². The lowest BCUT2D eigenvalue weighted by molar-refractivity contribution is 0.0776. The van der Waals surface area contributed by atoms with Gasteiger partial charge in [-0.25, -0.2) is 9.37 Å². The van der Waals surface area contributed by atoms with Gasteiger partial charge in [0.05, 0.1) is 11.4 Å². The molecule has 0 N–H and O–H groups in total. The first-order valence-electron chi connectivity index (χ1n) is 8.63. The van der Waals surface area contributed by atoms with E-state index in [-0.39, 0.29) is 11.7 Å². The normalized spacial score (nSPS) is 11.1. The average molecular weight is 379 g/mol. The Bertz CT molecular complexity index is 1160. The largest absolute Gasteiger partial charge is 0.336 e. The minimum absolute atomic E-state index is 0.232. The molecule has 8 nitrogen and oxygen atoms in total. The van der Waals surface area contributed by atoms with E-state index in [2.05, 4.69) is 20.2 Å². The lowest BCUT2D eigenvalue weighted by Crippen LogP contribution is -2.28. The minimum atomic E-state index is -0.338. The van der Waals surface area contributed by atoms with Gasteiger partial charge in [-0.3, -0.25) is 9.48 Å². The molecule has 0 atom stereocenters. The van der Waals surface area contributed by atoms with Gasteiger partial charge < -0.3 is 4.90 Å². The molecule has 4 aromatic rings. The topological polar surface area (TPSA) is 81.2 Å². The molecule has 0 unspecified atom stereocenters.